The third kappa shape index (κ3) is 3.12. The van der Waals surface area contributed by atoms with E-state index in [0.29, 0.717) is 22.1 Å². The normalized spacial score (nSPS) is 16.3. The molecule has 0 radical (unpaired) electrons. The molecule has 1 saturated carbocycles. The van der Waals surface area contributed by atoms with Gasteiger partial charge in [-0.25, -0.2) is 22.8 Å². The molecule has 0 amide bonds. The molecule has 0 N–H and O–H groups in total. The first kappa shape index (κ1) is 15.4. The Morgan fingerprint density at radius 3 is 2.73 bits per heavy atom. The molecule has 1 aromatic carbocycles. The number of nitrogens with zero attached hydrogens (tertiary/aromatic N) is 3. The Morgan fingerprint density at radius 1 is 1.41 bits per heavy atom. The zero-order valence-corrected chi connectivity index (χ0v) is 12.6. The predicted octanol–water partition coefficient (Wildman–Crippen LogP) is 3.17. The molecule has 4 nitrogen and oxygen atoms in total. The van der Waals surface area contributed by atoms with E-state index >= 15 is 0 Å². The van der Waals surface area contributed by atoms with E-state index in [1.54, 1.807) is 6.92 Å². The van der Waals surface area contributed by atoms with Crippen LogP contribution in [0.25, 0.3) is 5.69 Å². The van der Waals surface area contributed by atoms with E-state index in [9.17, 15) is 17.7 Å². The van der Waals surface area contributed by atoms with Crippen LogP contribution in [-0.4, -0.2) is 25.1 Å². The third-order valence-electron chi connectivity index (χ3n) is 3.53. The lowest BCUT2D eigenvalue weighted by Crippen LogP contribution is -2.12. The van der Waals surface area contributed by atoms with Crippen molar-refractivity contribution < 1.29 is 17.7 Å². The summed E-state index contributed by atoms with van der Waals surface area (Å²) in [4.78, 5) is 3.96. The van der Waals surface area contributed by atoms with Gasteiger partial charge in [-0.2, -0.15) is 0 Å². The number of aryl methyl sites for hydroxylation is 1. The van der Waals surface area contributed by atoms with Crippen LogP contribution < -0.4 is 0 Å². The highest BCUT2D eigenvalue weighted by atomic mass is 32.2. The lowest BCUT2D eigenvalue weighted by atomic mass is 10.2. The van der Waals surface area contributed by atoms with Crippen molar-refractivity contribution in [2.45, 2.75) is 31.1 Å². The fourth-order valence-electron chi connectivity index (χ4n) is 2.14. The van der Waals surface area contributed by atoms with E-state index in [2.05, 4.69) is 10.1 Å². The van der Waals surface area contributed by atoms with Crippen LogP contribution in [0.2, 0.25) is 0 Å². The van der Waals surface area contributed by atoms with Crippen molar-refractivity contribution in [2.24, 2.45) is 5.92 Å². The monoisotopic (exact) mass is 329 g/mol. The maximum Gasteiger partial charge on any atom is 0.299 e. The Bertz CT molecular complexity index is 688. The molecule has 22 heavy (non-hydrogen) atoms. The number of alkyl halides is 2. The van der Waals surface area contributed by atoms with Gasteiger partial charge in [-0.1, -0.05) is 0 Å². The van der Waals surface area contributed by atoms with Crippen molar-refractivity contribution in [1.29, 1.82) is 0 Å². The number of benzene rings is 1. The van der Waals surface area contributed by atoms with Gasteiger partial charge in [0.2, 0.25) is 5.82 Å². The minimum Gasteiger partial charge on any atom is -0.611 e. The Kier molecular flexibility index (Phi) is 4.14. The summed E-state index contributed by atoms with van der Waals surface area (Å²) < 4.78 is 52.5. The van der Waals surface area contributed by atoms with E-state index < -0.39 is 29.2 Å². The highest BCUT2D eigenvalue weighted by molar-refractivity contribution is 7.91. The molecule has 1 aromatic heterocycles. The lowest BCUT2D eigenvalue weighted by Gasteiger charge is -2.14. The van der Waals surface area contributed by atoms with Gasteiger partial charge in [0.25, 0.3) is 6.43 Å². The van der Waals surface area contributed by atoms with Gasteiger partial charge in [0.1, 0.15) is 23.6 Å². The smallest absolute Gasteiger partial charge is 0.299 e. The molecule has 1 unspecified atom stereocenters. The van der Waals surface area contributed by atoms with Crippen LogP contribution in [0.4, 0.5) is 13.2 Å². The first-order chi connectivity index (χ1) is 10.5. The van der Waals surface area contributed by atoms with Gasteiger partial charge in [-0.05, 0) is 37.0 Å². The standard InChI is InChI=1S/C14H14F3N3OS/c1-8-4-10(15)11(20-7-18-14(19-20)13(16)17)5-12(8)22(21)6-9-2-3-9/h4-5,7,9,13H,2-3,6H2,1H3. The van der Waals surface area contributed by atoms with Gasteiger partial charge in [0.15, 0.2) is 4.90 Å². The summed E-state index contributed by atoms with van der Waals surface area (Å²) in [5.74, 6) is -0.271. The number of hydrogen-bond acceptors (Lipinski definition) is 3. The predicted molar refractivity (Wildman–Crippen MR) is 75.0 cm³/mol. The van der Waals surface area contributed by atoms with Crippen LogP contribution in [0, 0.1) is 18.7 Å². The Balaban J connectivity index is 1.95. The molecule has 0 spiro atoms. The van der Waals surface area contributed by atoms with Crippen molar-refractivity contribution in [1.82, 2.24) is 14.8 Å². The molecule has 1 aliphatic rings. The van der Waals surface area contributed by atoms with Gasteiger partial charge in [0.05, 0.1) is 0 Å². The average molecular weight is 329 g/mol. The molecule has 3 rings (SSSR count). The van der Waals surface area contributed by atoms with E-state index in [1.165, 1.54) is 12.1 Å². The van der Waals surface area contributed by atoms with Crippen LogP contribution in [0.3, 0.4) is 0 Å². The van der Waals surface area contributed by atoms with Crippen molar-refractivity contribution in [3.8, 4) is 5.69 Å². The molecule has 8 heteroatoms. The van der Waals surface area contributed by atoms with Crippen molar-refractivity contribution in [3.05, 3.63) is 35.7 Å². The molecule has 1 atom stereocenters. The van der Waals surface area contributed by atoms with Crippen molar-refractivity contribution in [2.75, 3.05) is 5.75 Å². The van der Waals surface area contributed by atoms with E-state index in [-0.39, 0.29) is 5.69 Å². The van der Waals surface area contributed by atoms with Crippen molar-refractivity contribution >= 4 is 11.2 Å². The van der Waals surface area contributed by atoms with E-state index in [1.807, 2.05) is 0 Å². The molecular weight excluding hydrogens is 315 g/mol. The molecule has 0 aliphatic heterocycles. The van der Waals surface area contributed by atoms with Gasteiger partial charge in [-0.15, -0.1) is 5.10 Å². The summed E-state index contributed by atoms with van der Waals surface area (Å²) in [6.45, 7) is 1.68. The molecule has 1 aliphatic carbocycles. The Morgan fingerprint density at radius 2 is 2.14 bits per heavy atom. The van der Waals surface area contributed by atoms with Gasteiger partial charge in [-0.3, -0.25) is 0 Å². The molecule has 2 aromatic rings. The second-order valence-electron chi connectivity index (χ2n) is 5.37. The number of halogens is 3. The molecule has 0 bridgehead atoms. The summed E-state index contributed by atoms with van der Waals surface area (Å²) in [6, 6.07) is 2.66. The molecule has 1 heterocycles. The fourth-order valence-corrected chi connectivity index (χ4v) is 3.75. The second kappa shape index (κ2) is 5.92. The van der Waals surface area contributed by atoms with Crippen molar-refractivity contribution in [3.63, 3.8) is 0 Å². The third-order valence-corrected chi connectivity index (χ3v) is 5.23. The summed E-state index contributed by atoms with van der Waals surface area (Å²) in [5, 5.41) is 3.56. The van der Waals surface area contributed by atoms with Crippen LogP contribution in [0.1, 0.15) is 30.7 Å². The number of hydrogen-bond donors (Lipinski definition) is 0. The van der Waals surface area contributed by atoms with Gasteiger partial charge < -0.3 is 4.55 Å². The summed E-state index contributed by atoms with van der Waals surface area (Å²) in [5.41, 5.74) is 0.554. The zero-order chi connectivity index (χ0) is 15.9. The Labute approximate surface area is 128 Å². The van der Waals surface area contributed by atoms with E-state index in [4.69, 9.17) is 0 Å². The van der Waals surface area contributed by atoms with Crippen LogP contribution >= 0.6 is 0 Å². The second-order valence-corrected chi connectivity index (χ2v) is 6.84. The fraction of sp³-hybridized carbons (Fsp3) is 0.429. The largest absolute Gasteiger partial charge is 0.611 e. The minimum absolute atomic E-state index is 0.0239. The summed E-state index contributed by atoms with van der Waals surface area (Å²) in [7, 11) is 0. The SMILES string of the molecule is Cc1cc(F)c(-n2cnc(C(F)F)n2)cc1[S+]([O-])CC1CC1. The maximum atomic E-state index is 14.1. The minimum atomic E-state index is -2.82. The quantitative estimate of drug-likeness (QED) is 0.792. The molecule has 1 fully saturated rings. The highest BCUT2D eigenvalue weighted by Gasteiger charge is 2.30. The lowest BCUT2D eigenvalue weighted by molar-refractivity contribution is 0.140. The van der Waals surface area contributed by atoms with Crippen LogP contribution in [-0.2, 0) is 11.2 Å². The molecular formula is C14H14F3N3OS. The van der Waals surface area contributed by atoms with Gasteiger partial charge >= 0.3 is 0 Å². The maximum absolute atomic E-state index is 14.1. The first-order valence-corrected chi connectivity index (χ1v) is 8.16. The average Bonchev–Trinajstić information content (AvgIpc) is 3.12. The van der Waals surface area contributed by atoms with E-state index in [0.717, 1.165) is 23.9 Å². The zero-order valence-electron chi connectivity index (χ0n) is 11.8. The molecule has 0 saturated heterocycles. The first-order valence-electron chi connectivity index (χ1n) is 6.84. The number of aromatic nitrogens is 3. The van der Waals surface area contributed by atoms with Crippen LogP contribution in [0.15, 0.2) is 23.4 Å². The Hall–Kier alpha value is -1.54. The molecule has 118 valence electrons. The summed E-state index contributed by atoms with van der Waals surface area (Å²) in [6.07, 6.45) is 0.348. The summed E-state index contributed by atoms with van der Waals surface area (Å²) >= 11 is -1.23. The van der Waals surface area contributed by atoms with Crippen LogP contribution in [0.5, 0.6) is 0 Å². The topological polar surface area (TPSA) is 53.8 Å². The number of rotatable bonds is 5. The highest BCUT2D eigenvalue weighted by Crippen LogP contribution is 2.33. The van der Waals surface area contributed by atoms with Gasteiger partial charge in [0, 0.05) is 17.5 Å².